The first-order chi connectivity index (χ1) is 7.97. The predicted octanol–water partition coefficient (Wildman–Crippen LogP) is 4.45. The highest BCUT2D eigenvalue weighted by Gasteiger charge is 2.28. The molecule has 1 heterocycles. The van der Waals surface area contributed by atoms with E-state index in [2.05, 4.69) is 38.7 Å². The maximum Gasteiger partial charge on any atom is 0.0200 e. The molecule has 2 atom stereocenters. The molecule has 0 bridgehead atoms. The third kappa shape index (κ3) is 3.26. The molecule has 2 aliphatic rings. The number of piperidine rings is 1. The van der Waals surface area contributed by atoms with Crippen LogP contribution < -0.4 is 0 Å². The average Bonchev–Trinajstić information content (AvgIpc) is 2.28. The van der Waals surface area contributed by atoms with Crippen molar-refractivity contribution in [3.8, 4) is 0 Å². The maximum atomic E-state index is 2.66. The number of allylic oxidation sites excluding steroid dienone is 2. The Balaban J connectivity index is 1.94. The third-order valence-electron chi connectivity index (χ3n) is 4.67. The van der Waals surface area contributed by atoms with E-state index in [1.165, 1.54) is 45.2 Å². The summed E-state index contributed by atoms with van der Waals surface area (Å²) in [6, 6.07) is 0. The van der Waals surface area contributed by atoms with E-state index >= 15 is 0 Å². The van der Waals surface area contributed by atoms with Crippen molar-refractivity contribution in [2.24, 2.45) is 17.3 Å². The van der Waals surface area contributed by atoms with Crippen molar-refractivity contribution in [2.45, 2.75) is 59.8 Å². The van der Waals surface area contributed by atoms with Crippen LogP contribution in [0.3, 0.4) is 0 Å². The molecule has 0 saturated carbocycles. The van der Waals surface area contributed by atoms with Crippen LogP contribution in [0.4, 0.5) is 0 Å². The van der Waals surface area contributed by atoms with Gasteiger partial charge >= 0.3 is 0 Å². The molecule has 1 nitrogen and oxygen atoms in total. The fourth-order valence-corrected chi connectivity index (χ4v) is 3.34. The molecule has 1 saturated heterocycles. The van der Waals surface area contributed by atoms with Crippen LogP contribution in [0.2, 0.25) is 0 Å². The van der Waals surface area contributed by atoms with E-state index in [4.69, 9.17) is 0 Å². The second kappa shape index (κ2) is 5.04. The van der Waals surface area contributed by atoms with E-state index in [9.17, 15) is 0 Å². The number of rotatable bonds is 1. The molecule has 98 valence electrons. The van der Waals surface area contributed by atoms with Crippen LogP contribution in [0.25, 0.3) is 0 Å². The van der Waals surface area contributed by atoms with E-state index in [0.29, 0.717) is 5.41 Å². The molecule has 0 N–H and O–H groups in total. The van der Waals surface area contributed by atoms with Crippen molar-refractivity contribution in [3.63, 3.8) is 0 Å². The second-order valence-electron chi connectivity index (χ2n) is 7.23. The Bertz CT molecular complexity index is 284. The van der Waals surface area contributed by atoms with Gasteiger partial charge < -0.3 is 4.90 Å². The van der Waals surface area contributed by atoms with Gasteiger partial charge in [0.25, 0.3) is 0 Å². The van der Waals surface area contributed by atoms with E-state index in [0.717, 1.165) is 11.8 Å². The first-order valence-electron chi connectivity index (χ1n) is 7.41. The molecule has 2 rings (SSSR count). The third-order valence-corrected chi connectivity index (χ3v) is 4.67. The zero-order valence-electron chi connectivity index (χ0n) is 12.1. The van der Waals surface area contributed by atoms with E-state index in [-0.39, 0.29) is 0 Å². The minimum atomic E-state index is 0.483. The van der Waals surface area contributed by atoms with E-state index < -0.39 is 0 Å². The summed E-state index contributed by atoms with van der Waals surface area (Å²) in [5.74, 6) is 1.78. The maximum absolute atomic E-state index is 2.66. The van der Waals surface area contributed by atoms with Gasteiger partial charge in [-0.1, -0.05) is 33.8 Å². The highest BCUT2D eigenvalue weighted by Crippen LogP contribution is 2.38. The molecule has 0 aromatic heterocycles. The van der Waals surface area contributed by atoms with Crippen molar-refractivity contribution in [2.75, 3.05) is 13.1 Å². The Kier molecular flexibility index (Phi) is 3.85. The molecule has 1 aliphatic carbocycles. The van der Waals surface area contributed by atoms with Gasteiger partial charge in [-0.2, -0.15) is 0 Å². The fourth-order valence-electron chi connectivity index (χ4n) is 3.34. The number of hydrogen-bond acceptors (Lipinski definition) is 1. The van der Waals surface area contributed by atoms with Gasteiger partial charge in [0.15, 0.2) is 0 Å². The van der Waals surface area contributed by atoms with Crippen molar-refractivity contribution in [1.29, 1.82) is 0 Å². The SMILES string of the molecule is CC1CCCN(C2=CCC(C(C)(C)C)CC2)C1. The van der Waals surface area contributed by atoms with Gasteiger partial charge in [0.1, 0.15) is 0 Å². The number of nitrogens with zero attached hydrogens (tertiary/aromatic N) is 1. The molecule has 0 aromatic carbocycles. The Morgan fingerprint density at radius 3 is 2.53 bits per heavy atom. The monoisotopic (exact) mass is 235 g/mol. The van der Waals surface area contributed by atoms with Crippen molar-refractivity contribution >= 4 is 0 Å². The lowest BCUT2D eigenvalue weighted by Crippen LogP contribution is -2.35. The lowest BCUT2D eigenvalue weighted by molar-refractivity contribution is 0.183. The standard InChI is InChI=1S/C16H29N/c1-13-6-5-11-17(12-13)15-9-7-14(8-10-15)16(2,3)4/h9,13-14H,5-8,10-12H2,1-4H3. The molecular weight excluding hydrogens is 206 g/mol. The molecule has 0 spiro atoms. The summed E-state index contributed by atoms with van der Waals surface area (Å²) < 4.78 is 0. The van der Waals surface area contributed by atoms with Crippen LogP contribution in [0.15, 0.2) is 11.8 Å². The smallest absolute Gasteiger partial charge is 0.0200 e. The van der Waals surface area contributed by atoms with Crippen LogP contribution in [0.5, 0.6) is 0 Å². The zero-order valence-corrected chi connectivity index (χ0v) is 12.1. The fraction of sp³-hybridized carbons (Fsp3) is 0.875. The Labute approximate surface area is 107 Å². The summed E-state index contributed by atoms with van der Waals surface area (Å²) in [7, 11) is 0. The first-order valence-corrected chi connectivity index (χ1v) is 7.41. The van der Waals surface area contributed by atoms with Crippen molar-refractivity contribution in [3.05, 3.63) is 11.8 Å². The predicted molar refractivity (Wildman–Crippen MR) is 74.9 cm³/mol. The van der Waals surface area contributed by atoms with Gasteiger partial charge in [0.2, 0.25) is 0 Å². The Morgan fingerprint density at radius 2 is 2.00 bits per heavy atom. The van der Waals surface area contributed by atoms with Gasteiger partial charge in [-0.15, -0.1) is 0 Å². The molecule has 17 heavy (non-hydrogen) atoms. The summed E-state index contributed by atoms with van der Waals surface area (Å²) in [5, 5.41) is 0. The summed E-state index contributed by atoms with van der Waals surface area (Å²) in [6.07, 6.45) is 9.35. The number of hydrogen-bond donors (Lipinski definition) is 0. The van der Waals surface area contributed by atoms with Crippen LogP contribution in [-0.2, 0) is 0 Å². The van der Waals surface area contributed by atoms with Crippen LogP contribution in [0, 0.1) is 17.3 Å². The van der Waals surface area contributed by atoms with Crippen LogP contribution in [-0.4, -0.2) is 18.0 Å². The summed E-state index contributed by atoms with van der Waals surface area (Å²) >= 11 is 0. The van der Waals surface area contributed by atoms with Gasteiger partial charge in [0, 0.05) is 18.8 Å². The molecule has 1 aliphatic heterocycles. The largest absolute Gasteiger partial charge is 0.375 e. The molecule has 0 aromatic rings. The Morgan fingerprint density at radius 1 is 1.24 bits per heavy atom. The molecule has 0 radical (unpaired) electrons. The summed E-state index contributed by atoms with van der Waals surface area (Å²) in [5.41, 5.74) is 2.13. The van der Waals surface area contributed by atoms with Gasteiger partial charge in [-0.25, -0.2) is 0 Å². The average molecular weight is 235 g/mol. The molecule has 1 heteroatoms. The molecule has 1 fully saturated rings. The van der Waals surface area contributed by atoms with Gasteiger partial charge in [-0.05, 0) is 49.4 Å². The van der Waals surface area contributed by atoms with Crippen LogP contribution >= 0.6 is 0 Å². The van der Waals surface area contributed by atoms with Gasteiger partial charge in [0.05, 0.1) is 0 Å². The zero-order chi connectivity index (χ0) is 12.5. The van der Waals surface area contributed by atoms with E-state index in [1.807, 2.05) is 0 Å². The summed E-state index contributed by atoms with van der Waals surface area (Å²) in [6.45, 7) is 12.2. The lowest BCUT2D eigenvalue weighted by atomic mass is 9.73. The molecular formula is C16H29N. The minimum Gasteiger partial charge on any atom is -0.375 e. The van der Waals surface area contributed by atoms with Crippen LogP contribution in [0.1, 0.15) is 59.8 Å². The quantitative estimate of drug-likeness (QED) is 0.649. The van der Waals surface area contributed by atoms with E-state index in [1.54, 1.807) is 5.70 Å². The highest BCUT2D eigenvalue weighted by molar-refractivity contribution is 5.08. The summed E-state index contributed by atoms with van der Waals surface area (Å²) in [4.78, 5) is 2.66. The highest BCUT2D eigenvalue weighted by atomic mass is 15.1. The molecule has 0 amide bonds. The minimum absolute atomic E-state index is 0.483. The van der Waals surface area contributed by atoms with Gasteiger partial charge in [-0.3, -0.25) is 0 Å². The Hall–Kier alpha value is -0.460. The van der Waals surface area contributed by atoms with Crippen molar-refractivity contribution in [1.82, 2.24) is 4.90 Å². The lowest BCUT2D eigenvalue weighted by Gasteiger charge is -2.39. The topological polar surface area (TPSA) is 3.24 Å². The second-order valence-corrected chi connectivity index (χ2v) is 7.23. The number of likely N-dealkylation sites (tertiary alicyclic amines) is 1. The molecule has 2 unspecified atom stereocenters. The van der Waals surface area contributed by atoms with Crippen molar-refractivity contribution < 1.29 is 0 Å². The normalized spacial score (nSPS) is 31.3. The first kappa shape index (κ1) is 13.0.